The van der Waals surface area contributed by atoms with Crippen LogP contribution in [0.15, 0.2) is 33.9 Å². The fourth-order valence-corrected chi connectivity index (χ4v) is 0.820. The Morgan fingerprint density at radius 1 is 1.50 bits per heavy atom. The third-order valence-electron chi connectivity index (χ3n) is 1.29. The van der Waals surface area contributed by atoms with Crippen molar-refractivity contribution in [2.24, 2.45) is 4.99 Å². The first-order valence-corrected chi connectivity index (χ1v) is 3.00. The third-order valence-corrected chi connectivity index (χ3v) is 1.29. The van der Waals surface area contributed by atoms with Crippen molar-refractivity contribution >= 4 is 17.8 Å². The molecule has 0 saturated carbocycles. The van der Waals surface area contributed by atoms with Gasteiger partial charge >= 0.3 is 0 Å². The van der Waals surface area contributed by atoms with Crippen LogP contribution in [0.1, 0.15) is 5.56 Å². The lowest BCUT2D eigenvalue weighted by Gasteiger charge is -1.82. The smallest absolute Gasteiger partial charge is 0.234 e. The minimum atomic E-state index is 0.630. The molecule has 0 radical (unpaired) electrons. The lowest BCUT2D eigenvalue weighted by molar-refractivity contribution is 0.578. The summed E-state index contributed by atoms with van der Waals surface area (Å²) < 4.78 is 5.04. The van der Waals surface area contributed by atoms with Crippen LogP contribution in [0.2, 0.25) is 0 Å². The molecule has 0 atom stereocenters. The van der Waals surface area contributed by atoms with E-state index < -0.39 is 0 Å². The first-order chi connectivity index (χ1) is 4.97. The molecule has 0 aliphatic carbocycles. The summed E-state index contributed by atoms with van der Waals surface area (Å²) in [5.41, 5.74) is 1.00. The first-order valence-electron chi connectivity index (χ1n) is 3.00. The Hall–Kier alpha value is -1.53. The number of aliphatic imine (C=N–C) groups is 1. The molecular weight excluding hydrogens is 126 g/mol. The molecule has 48 valence electrons. The van der Waals surface area contributed by atoms with Gasteiger partial charge in [0.15, 0.2) is 0 Å². The fourth-order valence-electron chi connectivity index (χ4n) is 0.820. The minimum Gasteiger partial charge on any atom is -0.446 e. The highest BCUT2D eigenvalue weighted by atomic mass is 16.3. The van der Waals surface area contributed by atoms with Crippen molar-refractivity contribution in [2.75, 3.05) is 0 Å². The maximum atomic E-state index is 5.04. The molecule has 0 fully saturated rings. The Morgan fingerprint density at radius 2 is 2.50 bits per heavy atom. The largest absolute Gasteiger partial charge is 0.446 e. The Balaban J connectivity index is 2.68. The average Bonchev–Trinajstić information content (AvgIpc) is 2.28. The molecule has 10 heavy (non-hydrogen) atoms. The molecule has 0 N–H and O–H groups in total. The number of nitrogens with zero attached hydrogens (tertiary/aromatic N) is 1. The summed E-state index contributed by atoms with van der Waals surface area (Å²) in [6, 6.07) is 1.87. The van der Waals surface area contributed by atoms with Crippen molar-refractivity contribution in [3.05, 3.63) is 30.0 Å². The summed E-state index contributed by atoms with van der Waals surface area (Å²) in [4.78, 5) is 3.91. The van der Waals surface area contributed by atoms with Gasteiger partial charge in [0, 0.05) is 5.56 Å². The van der Waals surface area contributed by atoms with Gasteiger partial charge in [0.25, 0.3) is 0 Å². The second kappa shape index (κ2) is 2.01. The molecule has 0 spiro atoms. The molecule has 2 heterocycles. The van der Waals surface area contributed by atoms with Crippen molar-refractivity contribution in [1.82, 2.24) is 0 Å². The predicted octanol–water partition coefficient (Wildman–Crippen LogP) is 2.16. The lowest BCUT2D eigenvalue weighted by atomic mass is 10.3. The van der Waals surface area contributed by atoms with Crippen molar-refractivity contribution in [1.29, 1.82) is 0 Å². The van der Waals surface area contributed by atoms with Gasteiger partial charge in [-0.05, 0) is 24.1 Å². The number of hydrogen-bond donors (Lipinski definition) is 0. The van der Waals surface area contributed by atoms with E-state index in [-0.39, 0.29) is 0 Å². The van der Waals surface area contributed by atoms with E-state index in [1.54, 1.807) is 12.3 Å². The first kappa shape index (κ1) is 5.27. The maximum Gasteiger partial charge on any atom is 0.234 e. The Labute approximate surface area is 58.2 Å². The number of fused-ring (bicyclic) bond motifs is 1. The molecule has 1 aromatic rings. The van der Waals surface area contributed by atoms with E-state index >= 15 is 0 Å². The van der Waals surface area contributed by atoms with E-state index in [1.807, 2.05) is 18.2 Å². The molecule has 1 aliphatic heterocycles. The maximum absolute atomic E-state index is 5.04. The van der Waals surface area contributed by atoms with Crippen LogP contribution in [-0.4, -0.2) is 5.87 Å². The van der Waals surface area contributed by atoms with E-state index in [2.05, 4.69) is 10.9 Å². The van der Waals surface area contributed by atoms with Gasteiger partial charge in [-0.15, -0.1) is 0 Å². The Kier molecular flexibility index (Phi) is 1.06. The number of rotatable bonds is 0. The van der Waals surface area contributed by atoms with E-state index in [0.717, 1.165) is 5.56 Å². The highest BCUT2D eigenvalue weighted by Crippen LogP contribution is 2.21. The molecule has 2 rings (SSSR count). The molecule has 1 aliphatic rings. The lowest BCUT2D eigenvalue weighted by Crippen LogP contribution is -1.59. The predicted molar refractivity (Wildman–Crippen MR) is 39.4 cm³/mol. The quantitative estimate of drug-likeness (QED) is 0.529. The van der Waals surface area contributed by atoms with Gasteiger partial charge in [0.05, 0.1) is 6.26 Å². The molecule has 1 aromatic heterocycles. The van der Waals surface area contributed by atoms with E-state index in [1.165, 1.54) is 0 Å². The normalized spacial score (nSPS) is 13.2. The van der Waals surface area contributed by atoms with Gasteiger partial charge in [-0.3, -0.25) is 0 Å². The zero-order valence-electron chi connectivity index (χ0n) is 5.24. The van der Waals surface area contributed by atoms with Crippen LogP contribution in [0.3, 0.4) is 0 Å². The van der Waals surface area contributed by atoms with Gasteiger partial charge in [-0.2, -0.15) is 4.99 Å². The Morgan fingerprint density at radius 3 is 3.50 bits per heavy atom. The standard InChI is InChI=1S/C8H5NO/c1-2-5-9-8-7(3-1)4-6-10-8/h1-4,6H. The molecule has 0 unspecified atom stereocenters. The van der Waals surface area contributed by atoms with E-state index in [9.17, 15) is 0 Å². The minimum absolute atomic E-state index is 0.630. The topological polar surface area (TPSA) is 25.5 Å². The van der Waals surface area contributed by atoms with Crippen molar-refractivity contribution in [3.8, 4) is 0 Å². The second-order valence-electron chi connectivity index (χ2n) is 1.95. The monoisotopic (exact) mass is 131 g/mol. The fraction of sp³-hybridized carbons (Fsp3) is 0. The molecule has 0 bridgehead atoms. The summed E-state index contributed by atoms with van der Waals surface area (Å²) in [7, 11) is 0. The van der Waals surface area contributed by atoms with Crippen LogP contribution in [-0.2, 0) is 0 Å². The number of hydrogen-bond acceptors (Lipinski definition) is 2. The third kappa shape index (κ3) is 0.714. The van der Waals surface area contributed by atoms with E-state index in [4.69, 9.17) is 4.42 Å². The molecule has 2 heteroatoms. The summed E-state index contributed by atoms with van der Waals surface area (Å²) >= 11 is 0. The highest BCUT2D eigenvalue weighted by Gasteiger charge is 1.99. The zero-order valence-corrected chi connectivity index (χ0v) is 5.24. The van der Waals surface area contributed by atoms with Crippen LogP contribution < -0.4 is 0 Å². The van der Waals surface area contributed by atoms with Crippen LogP contribution >= 0.6 is 0 Å². The van der Waals surface area contributed by atoms with Gasteiger partial charge < -0.3 is 4.42 Å². The highest BCUT2D eigenvalue weighted by molar-refractivity contribution is 5.71. The average molecular weight is 131 g/mol. The summed E-state index contributed by atoms with van der Waals surface area (Å²) in [5.74, 6) is 3.34. The summed E-state index contributed by atoms with van der Waals surface area (Å²) in [5, 5.41) is 0. The molecule has 2 nitrogen and oxygen atoms in total. The number of furan rings is 1. The Bertz CT molecular complexity index is 327. The van der Waals surface area contributed by atoms with Crippen LogP contribution in [0.5, 0.6) is 0 Å². The van der Waals surface area contributed by atoms with Gasteiger partial charge in [0.2, 0.25) is 5.88 Å². The van der Waals surface area contributed by atoms with Crippen LogP contribution in [0, 0.1) is 0 Å². The summed E-state index contributed by atoms with van der Waals surface area (Å²) in [6.07, 6.45) is 7.17. The van der Waals surface area contributed by atoms with Crippen LogP contribution in [0.25, 0.3) is 6.08 Å². The molecule has 0 aromatic carbocycles. The van der Waals surface area contributed by atoms with Crippen molar-refractivity contribution in [3.63, 3.8) is 0 Å². The van der Waals surface area contributed by atoms with Crippen LogP contribution in [0.4, 0.5) is 5.88 Å². The molecule has 0 amide bonds. The SMILES string of the molecule is C1=CC=Cc2ccoc2N=1. The summed E-state index contributed by atoms with van der Waals surface area (Å²) in [6.45, 7) is 0. The van der Waals surface area contributed by atoms with Crippen molar-refractivity contribution < 1.29 is 4.42 Å². The van der Waals surface area contributed by atoms with Gasteiger partial charge in [-0.1, -0.05) is 6.08 Å². The second-order valence-corrected chi connectivity index (χ2v) is 1.95. The van der Waals surface area contributed by atoms with Crippen molar-refractivity contribution in [2.45, 2.75) is 0 Å². The zero-order chi connectivity index (χ0) is 6.81. The van der Waals surface area contributed by atoms with Gasteiger partial charge in [0.1, 0.15) is 0 Å². The number of allylic oxidation sites excluding steroid dienone is 2. The van der Waals surface area contributed by atoms with E-state index in [0.29, 0.717) is 5.88 Å². The molecule has 0 saturated heterocycles. The molecular formula is C8H5NO. The van der Waals surface area contributed by atoms with Gasteiger partial charge in [-0.25, -0.2) is 0 Å².